The maximum absolute atomic E-state index is 9.18. The van der Waals surface area contributed by atoms with E-state index < -0.39 is 0 Å². The minimum Gasteiger partial charge on any atom is -0.497 e. The summed E-state index contributed by atoms with van der Waals surface area (Å²) in [5.74, 6) is 0.717. The van der Waals surface area contributed by atoms with Gasteiger partial charge < -0.3 is 4.74 Å². The quantitative estimate of drug-likeness (QED) is 0.812. The zero-order valence-corrected chi connectivity index (χ0v) is 11.0. The highest BCUT2D eigenvalue weighted by molar-refractivity contribution is 5.53. The van der Waals surface area contributed by atoms with Crippen LogP contribution in [0.1, 0.15) is 22.5 Å². The molecule has 0 amide bonds. The first-order valence-electron chi connectivity index (χ1n) is 5.69. The summed E-state index contributed by atoms with van der Waals surface area (Å²) in [6, 6.07) is 7.54. The van der Waals surface area contributed by atoms with E-state index in [1.807, 2.05) is 26.8 Å². The highest BCUT2D eigenvalue weighted by Crippen LogP contribution is 2.23. The Kier molecular flexibility index (Phi) is 3.07. The fraction of sp³-hybridized carbons (Fsp3) is 0.286. The molecule has 92 valence electrons. The molecule has 0 radical (unpaired) electrons. The Morgan fingerprint density at radius 1 is 1.28 bits per heavy atom. The van der Waals surface area contributed by atoms with E-state index in [2.05, 4.69) is 11.2 Å². The molecular weight excluding hydrogens is 226 g/mol. The van der Waals surface area contributed by atoms with Gasteiger partial charge in [0, 0.05) is 11.8 Å². The van der Waals surface area contributed by atoms with Gasteiger partial charge in [0.2, 0.25) is 0 Å². The van der Waals surface area contributed by atoms with Crippen molar-refractivity contribution in [1.82, 2.24) is 9.78 Å². The van der Waals surface area contributed by atoms with Crippen LogP contribution in [0.5, 0.6) is 5.75 Å². The van der Waals surface area contributed by atoms with E-state index in [-0.39, 0.29) is 0 Å². The molecule has 2 rings (SSSR count). The summed E-state index contributed by atoms with van der Waals surface area (Å²) in [5.41, 5.74) is 4.49. The van der Waals surface area contributed by atoms with E-state index >= 15 is 0 Å². The van der Waals surface area contributed by atoms with E-state index in [1.54, 1.807) is 23.9 Å². The predicted octanol–water partition coefficient (Wildman–Crippen LogP) is 2.68. The van der Waals surface area contributed by atoms with Crippen LogP contribution in [0.3, 0.4) is 0 Å². The lowest BCUT2D eigenvalue weighted by Gasteiger charge is -2.09. The van der Waals surface area contributed by atoms with Gasteiger partial charge in [0.05, 0.1) is 24.1 Å². The summed E-state index contributed by atoms with van der Waals surface area (Å²) in [6.07, 6.45) is 0. The maximum atomic E-state index is 9.18. The molecule has 4 heteroatoms. The molecule has 2 aromatic rings. The first-order chi connectivity index (χ1) is 8.58. The molecule has 0 saturated carbocycles. The van der Waals surface area contributed by atoms with E-state index in [9.17, 15) is 5.26 Å². The Balaban J connectivity index is 2.69. The molecule has 0 N–H and O–H groups in total. The van der Waals surface area contributed by atoms with E-state index in [4.69, 9.17) is 4.74 Å². The number of nitriles is 1. The molecule has 18 heavy (non-hydrogen) atoms. The van der Waals surface area contributed by atoms with Gasteiger partial charge in [-0.05, 0) is 38.5 Å². The van der Waals surface area contributed by atoms with Gasteiger partial charge in [-0.25, -0.2) is 4.68 Å². The number of benzene rings is 1. The molecule has 0 bridgehead atoms. The van der Waals surface area contributed by atoms with Crippen LogP contribution < -0.4 is 4.74 Å². The van der Waals surface area contributed by atoms with Crippen molar-refractivity contribution in [2.75, 3.05) is 7.11 Å². The number of ether oxygens (including phenoxy) is 1. The SMILES string of the molecule is COc1ccc(C#N)c(-n2nc(C)c(C)c2C)c1. The van der Waals surface area contributed by atoms with Crippen LogP contribution in [-0.4, -0.2) is 16.9 Å². The van der Waals surface area contributed by atoms with Crippen molar-refractivity contribution in [1.29, 1.82) is 5.26 Å². The monoisotopic (exact) mass is 241 g/mol. The Morgan fingerprint density at radius 3 is 2.50 bits per heavy atom. The fourth-order valence-corrected chi connectivity index (χ4v) is 1.86. The van der Waals surface area contributed by atoms with Crippen LogP contribution in [-0.2, 0) is 0 Å². The van der Waals surface area contributed by atoms with Gasteiger partial charge in [0.25, 0.3) is 0 Å². The van der Waals surface area contributed by atoms with Crippen molar-refractivity contribution in [3.63, 3.8) is 0 Å². The average Bonchev–Trinajstić information content (AvgIpc) is 2.65. The third-order valence-corrected chi connectivity index (χ3v) is 3.21. The van der Waals surface area contributed by atoms with Crippen molar-refractivity contribution in [3.8, 4) is 17.5 Å². The van der Waals surface area contributed by atoms with Gasteiger partial charge in [0.15, 0.2) is 0 Å². The summed E-state index contributed by atoms with van der Waals surface area (Å²) in [6.45, 7) is 5.99. The van der Waals surface area contributed by atoms with Gasteiger partial charge in [-0.1, -0.05) is 0 Å². The Labute approximate surface area is 106 Å². The highest BCUT2D eigenvalue weighted by Gasteiger charge is 2.13. The van der Waals surface area contributed by atoms with Crippen LogP contribution in [0.2, 0.25) is 0 Å². The number of hydrogen-bond donors (Lipinski definition) is 0. The Bertz CT molecular complexity index is 635. The van der Waals surface area contributed by atoms with Crippen LogP contribution in [0.25, 0.3) is 5.69 Å². The first-order valence-corrected chi connectivity index (χ1v) is 5.69. The molecule has 0 spiro atoms. The molecule has 4 nitrogen and oxygen atoms in total. The van der Waals surface area contributed by atoms with Crippen molar-refractivity contribution in [2.24, 2.45) is 0 Å². The summed E-state index contributed by atoms with van der Waals surface area (Å²) >= 11 is 0. The molecule has 0 aliphatic heterocycles. The first kappa shape index (κ1) is 12.2. The lowest BCUT2D eigenvalue weighted by molar-refractivity contribution is 0.414. The second-order valence-corrected chi connectivity index (χ2v) is 4.20. The summed E-state index contributed by atoms with van der Waals surface area (Å²) in [4.78, 5) is 0. The summed E-state index contributed by atoms with van der Waals surface area (Å²) in [5, 5.41) is 13.7. The summed E-state index contributed by atoms with van der Waals surface area (Å²) in [7, 11) is 1.61. The lowest BCUT2D eigenvalue weighted by atomic mass is 10.1. The predicted molar refractivity (Wildman–Crippen MR) is 69.0 cm³/mol. The number of nitrogens with zero attached hydrogens (tertiary/aromatic N) is 3. The van der Waals surface area contributed by atoms with Crippen molar-refractivity contribution in [2.45, 2.75) is 20.8 Å². The molecule has 0 aliphatic rings. The zero-order valence-electron chi connectivity index (χ0n) is 11.0. The molecule has 0 aliphatic carbocycles. The molecule has 0 fully saturated rings. The van der Waals surface area contributed by atoms with Gasteiger partial charge in [-0.2, -0.15) is 10.4 Å². The average molecular weight is 241 g/mol. The lowest BCUT2D eigenvalue weighted by Crippen LogP contribution is -2.02. The fourth-order valence-electron chi connectivity index (χ4n) is 1.86. The van der Waals surface area contributed by atoms with Crippen molar-refractivity contribution in [3.05, 3.63) is 40.7 Å². The van der Waals surface area contributed by atoms with Crippen LogP contribution >= 0.6 is 0 Å². The molecule has 1 heterocycles. The molecular formula is C14H15N3O. The third kappa shape index (κ3) is 1.84. The number of hydrogen-bond acceptors (Lipinski definition) is 3. The largest absolute Gasteiger partial charge is 0.497 e. The van der Waals surface area contributed by atoms with Gasteiger partial charge in [-0.15, -0.1) is 0 Å². The van der Waals surface area contributed by atoms with Gasteiger partial charge in [-0.3, -0.25) is 0 Å². The van der Waals surface area contributed by atoms with Crippen LogP contribution in [0, 0.1) is 32.1 Å². The highest BCUT2D eigenvalue weighted by atomic mass is 16.5. The molecule has 0 saturated heterocycles. The van der Waals surface area contributed by atoms with Crippen molar-refractivity contribution < 1.29 is 4.74 Å². The van der Waals surface area contributed by atoms with Crippen LogP contribution in [0.4, 0.5) is 0 Å². The molecule has 1 aromatic heterocycles. The van der Waals surface area contributed by atoms with E-state index in [0.29, 0.717) is 11.3 Å². The second-order valence-electron chi connectivity index (χ2n) is 4.20. The number of aromatic nitrogens is 2. The molecule has 0 unspecified atom stereocenters. The van der Waals surface area contributed by atoms with Gasteiger partial charge >= 0.3 is 0 Å². The normalized spacial score (nSPS) is 10.2. The Morgan fingerprint density at radius 2 is 2.00 bits per heavy atom. The van der Waals surface area contributed by atoms with Crippen molar-refractivity contribution >= 4 is 0 Å². The number of rotatable bonds is 2. The minimum absolute atomic E-state index is 0.585. The van der Waals surface area contributed by atoms with Crippen LogP contribution in [0.15, 0.2) is 18.2 Å². The molecule has 1 aromatic carbocycles. The van der Waals surface area contributed by atoms with E-state index in [1.165, 1.54) is 0 Å². The number of methoxy groups -OCH3 is 1. The second kappa shape index (κ2) is 4.53. The maximum Gasteiger partial charge on any atom is 0.121 e. The number of aryl methyl sites for hydroxylation is 1. The molecule has 0 atom stereocenters. The van der Waals surface area contributed by atoms with Gasteiger partial charge in [0.1, 0.15) is 11.8 Å². The minimum atomic E-state index is 0.585. The zero-order chi connectivity index (χ0) is 13.3. The smallest absolute Gasteiger partial charge is 0.121 e. The standard InChI is InChI=1S/C14H15N3O/c1-9-10(2)16-17(11(9)3)14-7-13(18-4)6-5-12(14)8-15/h5-7H,1-4H3. The Hall–Kier alpha value is -2.28. The van der Waals surface area contributed by atoms with E-state index in [0.717, 1.165) is 22.6 Å². The topological polar surface area (TPSA) is 50.8 Å². The summed E-state index contributed by atoms with van der Waals surface area (Å²) < 4.78 is 7.00. The third-order valence-electron chi connectivity index (χ3n) is 3.21.